The second-order valence-electron chi connectivity index (χ2n) is 8.84. The van der Waals surface area contributed by atoms with E-state index in [1.54, 1.807) is 0 Å². The Bertz CT molecular complexity index is 953. The molecule has 0 aromatic heterocycles. The zero-order valence-corrected chi connectivity index (χ0v) is 24.7. The van der Waals surface area contributed by atoms with Gasteiger partial charge in [0.25, 0.3) is 0 Å². The predicted molar refractivity (Wildman–Crippen MR) is 160 cm³/mol. The van der Waals surface area contributed by atoms with Gasteiger partial charge in [-0.15, -0.1) is 0 Å². The fraction of sp³-hybridized carbons (Fsp3) is 0.400. The molecule has 0 aliphatic rings. The highest BCUT2D eigenvalue weighted by atomic mass is 127. The van der Waals surface area contributed by atoms with Crippen LogP contribution in [0.5, 0.6) is 11.5 Å². The molecular weight excluding hydrogens is 646 g/mol. The summed E-state index contributed by atoms with van der Waals surface area (Å²) in [6.45, 7) is 5.61. The Morgan fingerprint density at radius 1 is 0.559 bits per heavy atom. The van der Waals surface area contributed by atoms with Crippen LogP contribution in [0.2, 0.25) is 0 Å². The number of hydrogen-bond acceptors (Lipinski definition) is 2. The van der Waals surface area contributed by atoms with Crippen molar-refractivity contribution in [2.75, 3.05) is 0 Å². The van der Waals surface area contributed by atoms with Gasteiger partial charge >= 0.3 is 0 Å². The first-order valence-electron chi connectivity index (χ1n) is 12.5. The van der Waals surface area contributed by atoms with Gasteiger partial charge in [0.2, 0.25) is 0 Å². The maximum absolute atomic E-state index is 6.14. The monoisotopic (exact) mass is 682 g/mol. The van der Waals surface area contributed by atoms with Crippen molar-refractivity contribution in [3.05, 3.63) is 90.1 Å². The average Bonchev–Trinajstić information content (AvgIpc) is 2.84. The molecule has 0 spiro atoms. The van der Waals surface area contributed by atoms with Gasteiger partial charge in [-0.25, -0.2) is 0 Å². The number of benzene rings is 3. The minimum Gasteiger partial charge on any atom is -0.488 e. The van der Waals surface area contributed by atoms with Crippen molar-refractivity contribution >= 4 is 45.2 Å². The van der Waals surface area contributed by atoms with Crippen molar-refractivity contribution < 1.29 is 9.47 Å². The third-order valence-corrected chi connectivity index (χ3v) is 7.60. The van der Waals surface area contributed by atoms with Crippen LogP contribution in [0.1, 0.15) is 74.6 Å². The van der Waals surface area contributed by atoms with Crippen LogP contribution in [0.4, 0.5) is 0 Å². The molecular formula is C30H36I2O2. The van der Waals surface area contributed by atoms with Gasteiger partial charge in [0.1, 0.15) is 24.7 Å². The number of hydrogen-bond donors (Lipinski definition) is 0. The Kier molecular flexibility index (Phi) is 12.0. The lowest BCUT2D eigenvalue weighted by atomic mass is 10.1. The first-order chi connectivity index (χ1) is 16.6. The smallest absolute Gasteiger partial charge is 0.133 e. The second-order valence-corrected chi connectivity index (χ2v) is 11.2. The topological polar surface area (TPSA) is 18.5 Å². The molecule has 0 saturated carbocycles. The van der Waals surface area contributed by atoms with Crippen LogP contribution in [-0.4, -0.2) is 0 Å². The lowest BCUT2D eigenvalue weighted by molar-refractivity contribution is 0.297. The minimum absolute atomic E-state index is 0.559. The summed E-state index contributed by atoms with van der Waals surface area (Å²) in [5.74, 6) is 1.91. The van der Waals surface area contributed by atoms with Crippen LogP contribution in [0.3, 0.4) is 0 Å². The van der Waals surface area contributed by atoms with Crippen LogP contribution in [0.15, 0.2) is 60.7 Å². The quantitative estimate of drug-likeness (QED) is 0.125. The number of ether oxygens (including phenoxy) is 2. The van der Waals surface area contributed by atoms with Crippen LogP contribution in [0, 0.1) is 7.14 Å². The number of rotatable bonds is 14. The molecule has 0 bridgehead atoms. The van der Waals surface area contributed by atoms with Crippen molar-refractivity contribution in [2.45, 2.75) is 78.4 Å². The molecule has 0 N–H and O–H groups in total. The molecule has 0 saturated heterocycles. The maximum atomic E-state index is 6.14. The van der Waals surface area contributed by atoms with Crippen molar-refractivity contribution in [1.82, 2.24) is 0 Å². The highest BCUT2D eigenvalue weighted by Gasteiger charge is 2.06. The Morgan fingerprint density at radius 2 is 1.03 bits per heavy atom. The van der Waals surface area contributed by atoms with E-state index in [0.717, 1.165) is 35.5 Å². The fourth-order valence-corrected chi connectivity index (χ4v) is 5.39. The zero-order chi connectivity index (χ0) is 24.2. The molecule has 0 unspecified atom stereocenters. The molecule has 4 heteroatoms. The van der Waals surface area contributed by atoms with Gasteiger partial charge in [-0.05, 0) is 123 Å². The highest BCUT2D eigenvalue weighted by molar-refractivity contribution is 14.1. The summed E-state index contributed by atoms with van der Waals surface area (Å²) in [7, 11) is 0. The van der Waals surface area contributed by atoms with Crippen LogP contribution in [-0.2, 0) is 26.1 Å². The third-order valence-electron chi connectivity index (χ3n) is 5.91. The Balaban J connectivity index is 1.52. The largest absolute Gasteiger partial charge is 0.488 e. The molecule has 2 nitrogen and oxygen atoms in total. The van der Waals surface area contributed by atoms with E-state index in [4.69, 9.17) is 9.47 Å². The summed E-state index contributed by atoms with van der Waals surface area (Å²) in [5, 5.41) is 0. The van der Waals surface area contributed by atoms with Crippen LogP contribution >= 0.6 is 45.2 Å². The molecule has 0 atom stereocenters. The third kappa shape index (κ3) is 9.06. The van der Waals surface area contributed by atoms with E-state index in [1.807, 2.05) is 0 Å². The summed E-state index contributed by atoms with van der Waals surface area (Å²) < 4.78 is 14.6. The second kappa shape index (κ2) is 15.0. The minimum atomic E-state index is 0.559. The molecule has 0 fully saturated rings. The van der Waals surface area contributed by atoms with Crippen LogP contribution in [0.25, 0.3) is 0 Å². The lowest BCUT2D eigenvalue weighted by Crippen LogP contribution is -2.01. The normalized spacial score (nSPS) is 10.9. The van der Waals surface area contributed by atoms with E-state index >= 15 is 0 Å². The summed E-state index contributed by atoms with van der Waals surface area (Å²) >= 11 is 4.77. The SMILES string of the molecule is CCCCCc1ccc(OCc2cccc(COc3ccc(CCCCC)cc3I)c2)c(I)c1. The van der Waals surface area contributed by atoms with Crippen molar-refractivity contribution in [2.24, 2.45) is 0 Å². The Morgan fingerprint density at radius 3 is 1.44 bits per heavy atom. The molecule has 0 heterocycles. The molecule has 3 rings (SSSR count). The molecule has 3 aromatic rings. The first-order valence-corrected chi connectivity index (χ1v) is 14.6. The molecule has 0 amide bonds. The van der Waals surface area contributed by atoms with Gasteiger partial charge in [0, 0.05) is 0 Å². The summed E-state index contributed by atoms with van der Waals surface area (Å²) in [6.07, 6.45) is 9.89. The molecule has 182 valence electrons. The van der Waals surface area contributed by atoms with Gasteiger partial charge in [0.05, 0.1) is 7.14 Å². The summed E-state index contributed by atoms with van der Waals surface area (Å²) in [4.78, 5) is 0. The van der Waals surface area contributed by atoms with Gasteiger partial charge in [-0.1, -0.05) is 69.9 Å². The number of aryl methyl sites for hydroxylation is 2. The zero-order valence-electron chi connectivity index (χ0n) is 20.4. The number of halogens is 2. The summed E-state index contributed by atoms with van der Waals surface area (Å²) in [5.41, 5.74) is 5.11. The van der Waals surface area contributed by atoms with Gasteiger partial charge < -0.3 is 9.47 Å². The van der Waals surface area contributed by atoms with E-state index in [9.17, 15) is 0 Å². The van der Waals surface area contributed by atoms with Gasteiger partial charge in [-0.2, -0.15) is 0 Å². The first kappa shape index (κ1) is 27.3. The van der Waals surface area contributed by atoms with Gasteiger partial charge in [-0.3, -0.25) is 0 Å². The van der Waals surface area contributed by atoms with E-state index < -0.39 is 0 Å². The predicted octanol–water partition coefficient (Wildman–Crippen LogP) is 9.52. The molecule has 3 aromatic carbocycles. The van der Waals surface area contributed by atoms with E-state index in [2.05, 4.69) is 120 Å². The highest BCUT2D eigenvalue weighted by Crippen LogP contribution is 2.26. The molecule has 0 aliphatic carbocycles. The lowest BCUT2D eigenvalue weighted by Gasteiger charge is -2.12. The van der Waals surface area contributed by atoms with E-state index in [-0.39, 0.29) is 0 Å². The van der Waals surface area contributed by atoms with E-state index in [1.165, 1.54) is 56.8 Å². The molecule has 0 aliphatic heterocycles. The Hall–Kier alpha value is -1.28. The van der Waals surface area contributed by atoms with Gasteiger partial charge in [0.15, 0.2) is 0 Å². The molecule has 0 radical (unpaired) electrons. The Labute approximate surface area is 233 Å². The standard InChI is InChI=1S/C30H36I2O2/c1-3-5-7-10-23-14-16-29(27(31)19-23)33-21-25-12-9-13-26(18-25)22-34-30-17-15-24(20-28(30)32)11-8-6-4-2/h9,12-20H,3-8,10-11,21-22H2,1-2H3. The molecule has 34 heavy (non-hydrogen) atoms. The summed E-state index contributed by atoms with van der Waals surface area (Å²) in [6, 6.07) is 21.6. The van der Waals surface area contributed by atoms with Crippen molar-refractivity contribution in [1.29, 1.82) is 0 Å². The average molecular weight is 682 g/mol. The van der Waals surface area contributed by atoms with Crippen molar-refractivity contribution in [3.63, 3.8) is 0 Å². The van der Waals surface area contributed by atoms with Crippen molar-refractivity contribution in [3.8, 4) is 11.5 Å². The van der Waals surface area contributed by atoms with E-state index in [0.29, 0.717) is 13.2 Å². The number of unbranched alkanes of at least 4 members (excludes halogenated alkanes) is 4. The van der Waals surface area contributed by atoms with Crippen LogP contribution < -0.4 is 9.47 Å². The fourth-order valence-electron chi connectivity index (χ4n) is 3.92. The maximum Gasteiger partial charge on any atom is 0.133 e.